The fourth-order valence-corrected chi connectivity index (χ4v) is 2.34. The van der Waals surface area contributed by atoms with Gasteiger partial charge in [0, 0.05) is 24.7 Å². The number of amides is 1. The van der Waals surface area contributed by atoms with Gasteiger partial charge in [-0.2, -0.15) is 5.10 Å². The molecule has 1 aromatic carbocycles. The van der Waals surface area contributed by atoms with Crippen molar-refractivity contribution in [3.05, 3.63) is 52.8 Å². The van der Waals surface area contributed by atoms with Crippen molar-refractivity contribution in [3.63, 3.8) is 0 Å². The Kier molecular flexibility index (Phi) is 5.57. The first-order valence-corrected chi connectivity index (χ1v) is 7.54. The molecule has 1 amide bonds. The van der Waals surface area contributed by atoms with E-state index in [2.05, 4.69) is 10.4 Å². The molecule has 2 atom stereocenters. The minimum atomic E-state index is -0.764. The second kappa shape index (κ2) is 7.42. The smallest absolute Gasteiger partial charge is 0.220 e. The molecule has 22 heavy (non-hydrogen) atoms. The Morgan fingerprint density at radius 1 is 1.41 bits per heavy atom. The van der Waals surface area contributed by atoms with E-state index in [1.54, 1.807) is 42.1 Å². The first kappa shape index (κ1) is 16.5. The number of rotatable bonds is 6. The van der Waals surface area contributed by atoms with Gasteiger partial charge < -0.3 is 10.4 Å². The van der Waals surface area contributed by atoms with Crippen LogP contribution in [0.15, 0.2) is 36.7 Å². The Labute approximate surface area is 134 Å². The van der Waals surface area contributed by atoms with Crippen LogP contribution in [0.4, 0.5) is 0 Å². The molecule has 0 aliphatic rings. The van der Waals surface area contributed by atoms with Crippen LogP contribution in [-0.4, -0.2) is 26.8 Å². The summed E-state index contributed by atoms with van der Waals surface area (Å²) in [5, 5.41) is 17.7. The van der Waals surface area contributed by atoms with E-state index in [1.807, 2.05) is 13.2 Å². The van der Waals surface area contributed by atoms with Crippen LogP contribution in [0, 0.1) is 0 Å². The Morgan fingerprint density at radius 2 is 2.09 bits per heavy atom. The van der Waals surface area contributed by atoms with Crippen LogP contribution in [0.5, 0.6) is 0 Å². The molecule has 2 rings (SSSR count). The number of halogens is 1. The fourth-order valence-electron chi connectivity index (χ4n) is 2.21. The molecule has 5 nitrogen and oxygen atoms in total. The number of aliphatic hydroxyl groups excluding tert-OH is 1. The van der Waals surface area contributed by atoms with Crippen LogP contribution >= 0.6 is 11.6 Å². The highest BCUT2D eigenvalue weighted by molar-refractivity contribution is 6.30. The molecule has 6 heteroatoms. The van der Waals surface area contributed by atoms with Crippen LogP contribution in [0.1, 0.15) is 30.6 Å². The van der Waals surface area contributed by atoms with Crippen molar-refractivity contribution in [2.75, 3.05) is 0 Å². The SMILES string of the molecule is CC(NC(=O)CCc1cnn(C)c1)C(O)c1ccc(Cl)cc1. The molecule has 1 heterocycles. The first-order valence-electron chi connectivity index (χ1n) is 7.16. The summed E-state index contributed by atoms with van der Waals surface area (Å²) in [6.07, 6.45) is 3.87. The number of nitrogens with zero attached hydrogens (tertiary/aromatic N) is 2. The van der Waals surface area contributed by atoms with Crippen LogP contribution in [0.3, 0.4) is 0 Å². The number of benzene rings is 1. The number of aryl methyl sites for hydroxylation is 2. The monoisotopic (exact) mass is 321 g/mol. The number of aromatic nitrogens is 2. The van der Waals surface area contributed by atoms with Crippen LogP contribution < -0.4 is 5.32 Å². The first-order chi connectivity index (χ1) is 10.5. The van der Waals surface area contributed by atoms with Gasteiger partial charge in [-0.15, -0.1) is 0 Å². The zero-order valence-electron chi connectivity index (χ0n) is 12.7. The van der Waals surface area contributed by atoms with E-state index in [9.17, 15) is 9.90 Å². The van der Waals surface area contributed by atoms with Gasteiger partial charge in [0.25, 0.3) is 0 Å². The molecule has 0 radical (unpaired) electrons. The third kappa shape index (κ3) is 4.58. The van der Waals surface area contributed by atoms with Gasteiger partial charge in [-0.25, -0.2) is 0 Å². The molecule has 0 saturated carbocycles. The van der Waals surface area contributed by atoms with E-state index < -0.39 is 6.10 Å². The van der Waals surface area contributed by atoms with Crippen molar-refractivity contribution in [2.45, 2.75) is 31.9 Å². The highest BCUT2D eigenvalue weighted by Crippen LogP contribution is 2.19. The molecule has 2 unspecified atom stereocenters. The maximum Gasteiger partial charge on any atom is 0.220 e. The molecule has 2 aromatic rings. The Bertz CT molecular complexity index is 625. The lowest BCUT2D eigenvalue weighted by Gasteiger charge is -2.20. The third-order valence-corrected chi connectivity index (χ3v) is 3.72. The van der Waals surface area contributed by atoms with Crippen LogP contribution in [-0.2, 0) is 18.3 Å². The van der Waals surface area contributed by atoms with Gasteiger partial charge in [-0.3, -0.25) is 9.48 Å². The van der Waals surface area contributed by atoms with Crippen molar-refractivity contribution in [1.29, 1.82) is 0 Å². The minimum Gasteiger partial charge on any atom is -0.386 e. The number of hydrogen-bond donors (Lipinski definition) is 2. The molecular weight excluding hydrogens is 302 g/mol. The second-order valence-electron chi connectivity index (χ2n) is 5.37. The summed E-state index contributed by atoms with van der Waals surface area (Å²) in [5.41, 5.74) is 1.74. The van der Waals surface area contributed by atoms with Crippen LogP contribution in [0.25, 0.3) is 0 Å². The normalized spacial score (nSPS) is 13.6. The predicted molar refractivity (Wildman–Crippen MR) is 85.5 cm³/mol. The lowest BCUT2D eigenvalue weighted by molar-refractivity contribution is -0.122. The van der Waals surface area contributed by atoms with E-state index in [-0.39, 0.29) is 11.9 Å². The van der Waals surface area contributed by atoms with E-state index in [4.69, 9.17) is 11.6 Å². The van der Waals surface area contributed by atoms with Gasteiger partial charge in [0.15, 0.2) is 0 Å². The van der Waals surface area contributed by atoms with Gasteiger partial charge in [0.1, 0.15) is 0 Å². The molecule has 0 saturated heterocycles. The number of nitrogens with one attached hydrogen (secondary N) is 1. The summed E-state index contributed by atoms with van der Waals surface area (Å²) < 4.78 is 1.71. The zero-order valence-corrected chi connectivity index (χ0v) is 13.4. The Balaban J connectivity index is 1.83. The Morgan fingerprint density at radius 3 is 2.68 bits per heavy atom. The quantitative estimate of drug-likeness (QED) is 0.857. The summed E-state index contributed by atoms with van der Waals surface area (Å²) in [4.78, 5) is 12.0. The summed E-state index contributed by atoms with van der Waals surface area (Å²) in [6, 6.07) is 6.58. The molecule has 0 fully saturated rings. The standard InChI is InChI=1S/C16H20ClN3O2/c1-11(16(22)13-4-6-14(17)7-5-13)19-15(21)8-3-12-9-18-20(2)10-12/h4-7,9-11,16,22H,3,8H2,1-2H3,(H,19,21). The summed E-state index contributed by atoms with van der Waals surface area (Å²) in [7, 11) is 1.84. The highest BCUT2D eigenvalue weighted by Gasteiger charge is 2.18. The summed E-state index contributed by atoms with van der Waals surface area (Å²) >= 11 is 5.82. The molecule has 0 spiro atoms. The van der Waals surface area contributed by atoms with E-state index in [0.29, 0.717) is 17.9 Å². The summed E-state index contributed by atoms with van der Waals surface area (Å²) in [6.45, 7) is 1.78. The van der Waals surface area contributed by atoms with Gasteiger partial charge in [0.2, 0.25) is 5.91 Å². The largest absolute Gasteiger partial charge is 0.386 e. The summed E-state index contributed by atoms with van der Waals surface area (Å²) in [5.74, 6) is -0.0932. The molecule has 0 aliphatic heterocycles. The van der Waals surface area contributed by atoms with Gasteiger partial charge in [-0.05, 0) is 36.6 Å². The van der Waals surface area contributed by atoms with Crippen molar-refractivity contribution in [1.82, 2.24) is 15.1 Å². The number of carbonyl (C=O) groups excluding carboxylic acids is 1. The second-order valence-corrected chi connectivity index (χ2v) is 5.81. The van der Waals surface area contributed by atoms with Crippen molar-refractivity contribution < 1.29 is 9.90 Å². The number of aliphatic hydroxyl groups is 1. The zero-order chi connectivity index (χ0) is 16.1. The number of carbonyl (C=O) groups is 1. The van der Waals surface area contributed by atoms with E-state index >= 15 is 0 Å². The van der Waals surface area contributed by atoms with Gasteiger partial charge >= 0.3 is 0 Å². The van der Waals surface area contributed by atoms with Crippen molar-refractivity contribution in [3.8, 4) is 0 Å². The Hall–Kier alpha value is -1.85. The molecular formula is C16H20ClN3O2. The van der Waals surface area contributed by atoms with Crippen molar-refractivity contribution >= 4 is 17.5 Å². The molecule has 1 aromatic heterocycles. The molecule has 0 aliphatic carbocycles. The number of hydrogen-bond acceptors (Lipinski definition) is 3. The maximum atomic E-state index is 12.0. The van der Waals surface area contributed by atoms with Gasteiger partial charge in [0.05, 0.1) is 18.3 Å². The van der Waals surface area contributed by atoms with Crippen LogP contribution in [0.2, 0.25) is 5.02 Å². The third-order valence-electron chi connectivity index (χ3n) is 3.47. The lowest BCUT2D eigenvalue weighted by Crippen LogP contribution is -2.37. The van der Waals surface area contributed by atoms with E-state index in [1.165, 1.54) is 0 Å². The highest BCUT2D eigenvalue weighted by atomic mass is 35.5. The predicted octanol–water partition coefficient (Wildman–Crippen LogP) is 2.24. The van der Waals surface area contributed by atoms with E-state index in [0.717, 1.165) is 11.1 Å². The minimum absolute atomic E-state index is 0.0932. The average Bonchev–Trinajstić information content (AvgIpc) is 2.91. The average molecular weight is 322 g/mol. The maximum absolute atomic E-state index is 12.0. The topological polar surface area (TPSA) is 67.2 Å². The van der Waals surface area contributed by atoms with Gasteiger partial charge in [-0.1, -0.05) is 23.7 Å². The lowest BCUT2D eigenvalue weighted by atomic mass is 10.0. The molecule has 0 bridgehead atoms. The van der Waals surface area contributed by atoms with Crippen molar-refractivity contribution in [2.24, 2.45) is 7.05 Å². The fraction of sp³-hybridized carbons (Fsp3) is 0.375. The molecule has 118 valence electrons. The molecule has 2 N–H and O–H groups in total.